The zero-order valence-electron chi connectivity index (χ0n) is 67.4. The molecule has 0 spiro atoms. The van der Waals surface area contributed by atoms with Crippen molar-refractivity contribution in [3.05, 3.63) is 200 Å². The van der Waals surface area contributed by atoms with Gasteiger partial charge in [0.25, 0.3) is 0 Å². The number of aromatic nitrogens is 8. The molecule has 6 aromatic heterocycles. The number of fused-ring (bicyclic) bond motifs is 16. The van der Waals surface area contributed by atoms with Crippen LogP contribution in [0.5, 0.6) is 0 Å². The fourth-order valence-corrected chi connectivity index (χ4v) is 27.5. The summed E-state index contributed by atoms with van der Waals surface area (Å²) in [7, 11) is -4.55. The molecule has 4 aliphatic rings. The topological polar surface area (TPSA) is 115 Å². The molecule has 3 aromatic carbocycles. The second kappa shape index (κ2) is 28.0. The Morgan fingerprint density at radius 3 is 0.953 bits per heavy atom. The van der Waals surface area contributed by atoms with Gasteiger partial charge in [-0.15, -0.1) is 11.1 Å². The highest BCUT2D eigenvalue weighted by Crippen LogP contribution is 2.47. The van der Waals surface area contributed by atoms with Crippen LogP contribution < -0.4 is 0 Å². The third-order valence-electron chi connectivity index (χ3n) is 23.1. The van der Waals surface area contributed by atoms with Crippen LogP contribution in [0.15, 0.2) is 121 Å². The van der Waals surface area contributed by atoms with E-state index < -0.39 is 16.1 Å². The van der Waals surface area contributed by atoms with Gasteiger partial charge >= 0.3 is 0 Å². The average Bonchev–Trinajstić information content (AvgIpc) is 1.59. The Morgan fingerprint density at radius 1 is 0.283 bits per heavy atom. The lowest BCUT2D eigenvalue weighted by atomic mass is 9.78. The molecule has 542 valence electrons. The van der Waals surface area contributed by atoms with Gasteiger partial charge in [-0.1, -0.05) is 245 Å². The molecule has 0 unspecified atom stereocenters. The first-order valence-electron chi connectivity index (χ1n) is 38.7. The van der Waals surface area contributed by atoms with E-state index in [0.29, 0.717) is 33.2 Å². The number of hydrogen-bond donors (Lipinski definition) is 4. The van der Waals surface area contributed by atoms with Gasteiger partial charge in [-0.05, 0) is 197 Å². The summed E-state index contributed by atoms with van der Waals surface area (Å²) in [6.45, 7) is 56.4. The summed E-state index contributed by atoms with van der Waals surface area (Å²) >= 11 is 0. The first kappa shape index (κ1) is 74.7. The van der Waals surface area contributed by atoms with Gasteiger partial charge in [0.2, 0.25) is 0 Å². The molecular formula is C96H110N8Si2. The predicted octanol–water partition coefficient (Wildman–Crippen LogP) is 26.6. The van der Waals surface area contributed by atoms with Crippen molar-refractivity contribution in [2.24, 2.45) is 0 Å². The zero-order valence-corrected chi connectivity index (χ0v) is 69.4. The Morgan fingerprint density at radius 2 is 0.575 bits per heavy atom. The van der Waals surface area contributed by atoms with E-state index in [2.05, 4.69) is 379 Å². The summed E-state index contributed by atoms with van der Waals surface area (Å²) in [5.41, 5.74) is 38.5. The number of rotatable bonds is 10. The summed E-state index contributed by atoms with van der Waals surface area (Å²) in [6, 6.07) is 45.0. The van der Waals surface area contributed by atoms with E-state index in [0.717, 1.165) is 145 Å². The molecule has 0 saturated carbocycles. The number of H-pyrrole nitrogens is 4. The molecular weight excluding hydrogens is 1320 g/mol. The fraction of sp³-hybridized carbons (Fsp3) is 0.354. The van der Waals surface area contributed by atoms with E-state index >= 15 is 0 Å². The lowest BCUT2D eigenvalue weighted by molar-refractivity contribution is 0.568. The minimum atomic E-state index is -2.28. The van der Waals surface area contributed by atoms with Crippen molar-refractivity contribution in [3.8, 4) is 67.4 Å². The number of hydrogen-bond acceptors (Lipinski definition) is 4. The highest BCUT2D eigenvalue weighted by atomic mass is 28.3. The Bertz CT molecular complexity index is 5380. The third kappa shape index (κ3) is 14.0. The molecule has 13 rings (SSSR count). The molecule has 10 heteroatoms. The van der Waals surface area contributed by atoms with E-state index in [1.54, 1.807) is 0 Å². The van der Waals surface area contributed by atoms with Crippen molar-refractivity contribution < 1.29 is 0 Å². The molecule has 10 heterocycles. The normalized spacial score (nSPS) is 13.5. The maximum absolute atomic E-state index is 6.07. The van der Waals surface area contributed by atoms with Crippen LogP contribution in [0.25, 0.3) is 137 Å². The Balaban J connectivity index is 1.28. The first-order valence-corrected chi connectivity index (χ1v) is 43.2. The van der Waals surface area contributed by atoms with E-state index in [-0.39, 0.29) is 21.7 Å². The second-order valence-electron chi connectivity index (χ2n) is 36.1. The van der Waals surface area contributed by atoms with Gasteiger partial charge in [0.15, 0.2) is 0 Å². The monoisotopic (exact) mass is 1430 g/mol. The second-order valence-corrected chi connectivity index (χ2v) is 47.3. The summed E-state index contributed by atoms with van der Waals surface area (Å²) in [5.74, 6) is 7.91. The molecule has 106 heavy (non-hydrogen) atoms. The standard InChI is InChI=1S/C96H110N8Si2/c1-57(2)105(58(3)4,59(5)6)48-46-72-74-32-30-70(97-74)56-71-31-33-75(98-71)73(47-49-106(60(7)8,61(9)10)62(11)12)77-35-37-85(100-77)91(84-36-34-76(72)99-84)92-86-44-42-82(103-86)89(64-50-66(93(13,14)15)54-67(51-64)94(16,17)18)80-40-38-78(101-80)88(63-28-26-25-27-29-63)79-39-41-81(102-79)90(83-43-45-87(92)104-83)65-52-68(95(19,20)21)55-69(53-65)96(22,23)24/h25-45,50-62,97,100-101,104H,1-24H3. The molecule has 8 nitrogen and oxygen atoms in total. The lowest BCUT2D eigenvalue weighted by Gasteiger charge is -2.38. The molecule has 4 N–H and O–H groups in total. The van der Waals surface area contributed by atoms with Crippen LogP contribution in [0, 0.1) is 22.9 Å². The molecule has 0 atom stereocenters. The quantitative estimate of drug-likeness (QED) is 0.0806. The molecule has 0 aliphatic carbocycles. The van der Waals surface area contributed by atoms with Gasteiger partial charge in [-0.25, -0.2) is 19.9 Å². The van der Waals surface area contributed by atoms with Gasteiger partial charge in [-0.2, -0.15) is 0 Å². The maximum atomic E-state index is 6.07. The van der Waals surface area contributed by atoms with Crippen molar-refractivity contribution in [1.82, 2.24) is 39.9 Å². The van der Waals surface area contributed by atoms with Crippen molar-refractivity contribution in [1.29, 1.82) is 0 Å². The summed E-state index contributed by atoms with van der Waals surface area (Å²) in [6.07, 6.45) is 17.5. The van der Waals surface area contributed by atoms with Crippen LogP contribution >= 0.6 is 0 Å². The van der Waals surface area contributed by atoms with Crippen LogP contribution in [0.4, 0.5) is 0 Å². The van der Waals surface area contributed by atoms with Crippen molar-refractivity contribution >= 4 is 109 Å². The van der Waals surface area contributed by atoms with E-state index in [1.165, 1.54) is 22.3 Å². The van der Waals surface area contributed by atoms with Crippen LogP contribution in [0.2, 0.25) is 33.2 Å². The van der Waals surface area contributed by atoms with E-state index in [9.17, 15) is 0 Å². The molecule has 0 fully saturated rings. The Labute approximate surface area is 633 Å². The van der Waals surface area contributed by atoms with Crippen LogP contribution in [-0.2, 0) is 21.7 Å². The van der Waals surface area contributed by atoms with E-state index in [4.69, 9.17) is 19.9 Å². The zero-order chi connectivity index (χ0) is 76.1. The lowest BCUT2D eigenvalue weighted by Crippen LogP contribution is -2.43. The maximum Gasteiger partial charge on any atom is 0.146 e. The van der Waals surface area contributed by atoms with Crippen molar-refractivity contribution in [2.75, 3.05) is 0 Å². The van der Waals surface area contributed by atoms with Crippen LogP contribution in [0.1, 0.15) is 245 Å². The van der Waals surface area contributed by atoms with Gasteiger partial charge < -0.3 is 19.9 Å². The molecule has 16 bridgehead atoms. The average molecular weight is 1430 g/mol. The molecule has 0 amide bonds. The third-order valence-corrected chi connectivity index (χ3v) is 35.7. The smallest absolute Gasteiger partial charge is 0.146 e. The van der Waals surface area contributed by atoms with Crippen molar-refractivity contribution in [2.45, 2.75) is 221 Å². The number of nitrogens with one attached hydrogen (secondary N) is 4. The van der Waals surface area contributed by atoms with Gasteiger partial charge in [0.05, 0.1) is 67.7 Å². The Hall–Kier alpha value is -9.59. The number of benzene rings is 3. The van der Waals surface area contributed by atoms with Gasteiger partial charge in [-0.3, -0.25) is 0 Å². The minimum absolute atomic E-state index is 0.166. The largest absolute Gasteiger partial charge is 0.354 e. The summed E-state index contributed by atoms with van der Waals surface area (Å²) in [4.78, 5) is 39.6. The SMILES string of the molecule is CC(C)[Si](C#Cc1c2nc(c(-c3c4nc(c(-c5cc(C(C)(C)C)cc(C(C)(C)C)c5)c5ccc([nH]5)c(-c5ccccc5)c5nc(c(-c6cc(C(C)(C)C)cc(C(C)(C)C)c6)c6ccc3[nH]6)C=C5)C=C4)c3ccc([nH]3)c(C#C[Si](C(C)C)(C(C)C)C(C)C)c3nc(cc4ccc1[nH]4)C=C3)C=C2)(C(C)C)C(C)C. The molecule has 9 aromatic rings. The summed E-state index contributed by atoms with van der Waals surface area (Å²) in [5, 5.41) is 0. The highest BCUT2D eigenvalue weighted by molar-refractivity contribution is 6.91. The Kier molecular flexibility index (Phi) is 19.7. The molecule has 4 aliphatic heterocycles. The predicted molar refractivity (Wildman–Crippen MR) is 464 cm³/mol. The van der Waals surface area contributed by atoms with Crippen LogP contribution in [-0.4, -0.2) is 56.0 Å². The number of nitrogens with zero attached hydrogens (tertiary/aromatic N) is 4. The van der Waals surface area contributed by atoms with E-state index in [1.807, 2.05) is 0 Å². The summed E-state index contributed by atoms with van der Waals surface area (Å²) < 4.78 is 0. The molecule has 0 radical (unpaired) electrons. The minimum Gasteiger partial charge on any atom is -0.354 e. The fourth-order valence-electron chi connectivity index (χ4n) is 17.1. The van der Waals surface area contributed by atoms with Gasteiger partial charge in [0, 0.05) is 60.9 Å². The first-order chi connectivity index (χ1) is 49.9. The van der Waals surface area contributed by atoms with Crippen LogP contribution in [0.3, 0.4) is 0 Å². The molecule has 0 saturated heterocycles. The van der Waals surface area contributed by atoms with Crippen molar-refractivity contribution in [3.63, 3.8) is 0 Å². The highest BCUT2D eigenvalue weighted by Gasteiger charge is 2.43. The number of aromatic amines is 4. The van der Waals surface area contributed by atoms with Gasteiger partial charge in [0.1, 0.15) is 16.1 Å².